The summed E-state index contributed by atoms with van der Waals surface area (Å²) in [6, 6.07) is 9.00. The van der Waals surface area contributed by atoms with Crippen LogP contribution in [0.3, 0.4) is 0 Å². The number of nitrogens with one attached hydrogen (secondary N) is 1. The van der Waals surface area contributed by atoms with E-state index in [1.54, 1.807) is 31.4 Å². The molecule has 2 aromatic rings. The molecular weight excluding hydrogens is 283 g/mol. The summed E-state index contributed by atoms with van der Waals surface area (Å²) in [6.45, 7) is 1.92. The van der Waals surface area contributed by atoms with E-state index < -0.39 is 0 Å². The van der Waals surface area contributed by atoms with Crippen LogP contribution in [0.2, 0.25) is 10.0 Å². The molecule has 0 aliphatic heterocycles. The third kappa shape index (κ3) is 2.88. The highest BCUT2D eigenvalue weighted by Gasteiger charge is 2.10. The number of aryl methyl sites for hydroxylation is 1. The molecule has 0 bridgehead atoms. The Morgan fingerprint density at radius 1 is 1.16 bits per heavy atom. The van der Waals surface area contributed by atoms with Gasteiger partial charge in [0.2, 0.25) is 0 Å². The van der Waals surface area contributed by atoms with Crippen LogP contribution in [-0.4, -0.2) is 7.11 Å². The third-order valence-electron chi connectivity index (χ3n) is 2.79. The molecule has 0 aliphatic carbocycles. The second kappa shape index (κ2) is 5.59. The van der Waals surface area contributed by atoms with Crippen molar-refractivity contribution in [3.8, 4) is 5.75 Å². The number of nitrogen functional groups attached to an aromatic ring is 1. The number of para-hydroxylation sites is 1. The molecule has 0 aliphatic rings. The number of rotatable bonds is 3. The Morgan fingerprint density at radius 2 is 1.89 bits per heavy atom. The molecule has 19 heavy (non-hydrogen) atoms. The van der Waals surface area contributed by atoms with Gasteiger partial charge in [-0.15, -0.1) is 0 Å². The topological polar surface area (TPSA) is 47.3 Å². The number of halogens is 2. The predicted molar refractivity (Wildman–Crippen MR) is 81.9 cm³/mol. The van der Waals surface area contributed by atoms with Gasteiger partial charge in [-0.05, 0) is 30.7 Å². The summed E-state index contributed by atoms with van der Waals surface area (Å²) >= 11 is 12.2. The molecule has 0 atom stereocenters. The Labute approximate surface area is 122 Å². The zero-order chi connectivity index (χ0) is 14.0. The van der Waals surface area contributed by atoms with E-state index in [0.29, 0.717) is 27.2 Å². The lowest BCUT2D eigenvalue weighted by Gasteiger charge is -2.15. The largest absolute Gasteiger partial charge is 0.495 e. The van der Waals surface area contributed by atoms with Gasteiger partial charge in [-0.1, -0.05) is 29.3 Å². The van der Waals surface area contributed by atoms with E-state index in [-0.39, 0.29) is 0 Å². The predicted octanol–water partition coefficient (Wildman–Crippen LogP) is 4.64. The molecule has 5 heteroatoms. The molecule has 0 spiro atoms. The average Bonchev–Trinajstić information content (AvgIpc) is 2.37. The Bertz CT molecular complexity index is 594. The van der Waals surface area contributed by atoms with Crippen LogP contribution in [0.4, 0.5) is 17.1 Å². The molecule has 0 aromatic heterocycles. The lowest BCUT2D eigenvalue weighted by Crippen LogP contribution is -1.99. The minimum Gasteiger partial charge on any atom is -0.495 e. The minimum atomic E-state index is 0.551. The van der Waals surface area contributed by atoms with Gasteiger partial charge in [-0.2, -0.15) is 0 Å². The van der Waals surface area contributed by atoms with Gasteiger partial charge in [-0.3, -0.25) is 0 Å². The highest BCUT2D eigenvalue weighted by atomic mass is 35.5. The fourth-order valence-corrected chi connectivity index (χ4v) is 2.12. The van der Waals surface area contributed by atoms with Gasteiger partial charge >= 0.3 is 0 Å². The summed E-state index contributed by atoms with van der Waals surface area (Å²) < 4.78 is 5.30. The van der Waals surface area contributed by atoms with E-state index in [4.69, 9.17) is 33.7 Å². The van der Waals surface area contributed by atoms with Crippen molar-refractivity contribution < 1.29 is 4.74 Å². The average molecular weight is 297 g/mol. The molecule has 0 heterocycles. The SMILES string of the molecule is COc1cc(Cl)c(C)cc1Nc1c(N)cccc1Cl. The Kier molecular flexibility index (Phi) is 4.08. The molecule has 0 radical (unpaired) electrons. The minimum absolute atomic E-state index is 0.551. The van der Waals surface area contributed by atoms with E-state index in [0.717, 1.165) is 11.3 Å². The zero-order valence-corrected chi connectivity index (χ0v) is 12.1. The number of ether oxygens (including phenoxy) is 1. The highest BCUT2D eigenvalue weighted by Crippen LogP contribution is 2.37. The lowest BCUT2D eigenvalue weighted by atomic mass is 10.2. The number of anilines is 3. The van der Waals surface area contributed by atoms with Crippen molar-refractivity contribution in [1.82, 2.24) is 0 Å². The zero-order valence-electron chi connectivity index (χ0n) is 10.6. The van der Waals surface area contributed by atoms with Crippen molar-refractivity contribution in [2.24, 2.45) is 0 Å². The second-order valence-corrected chi connectivity index (χ2v) is 4.95. The van der Waals surface area contributed by atoms with Crippen molar-refractivity contribution >= 4 is 40.3 Å². The van der Waals surface area contributed by atoms with Crippen LogP contribution >= 0.6 is 23.2 Å². The third-order valence-corrected chi connectivity index (χ3v) is 3.51. The van der Waals surface area contributed by atoms with Gasteiger partial charge in [0.05, 0.1) is 29.2 Å². The van der Waals surface area contributed by atoms with Gasteiger partial charge in [-0.25, -0.2) is 0 Å². The summed E-state index contributed by atoms with van der Waals surface area (Å²) in [5.74, 6) is 0.634. The molecule has 0 saturated heterocycles. The Hall–Kier alpha value is -1.58. The van der Waals surface area contributed by atoms with Gasteiger partial charge in [0.25, 0.3) is 0 Å². The molecule has 0 saturated carbocycles. The normalized spacial score (nSPS) is 10.3. The van der Waals surface area contributed by atoms with Crippen molar-refractivity contribution in [1.29, 1.82) is 0 Å². The fourth-order valence-electron chi connectivity index (χ4n) is 1.74. The van der Waals surface area contributed by atoms with Gasteiger partial charge in [0, 0.05) is 11.1 Å². The number of methoxy groups -OCH3 is 1. The summed E-state index contributed by atoms with van der Waals surface area (Å²) in [7, 11) is 1.59. The first kappa shape index (κ1) is 13.8. The first-order valence-corrected chi connectivity index (χ1v) is 6.43. The number of hydrogen-bond acceptors (Lipinski definition) is 3. The maximum absolute atomic E-state index is 6.14. The van der Waals surface area contributed by atoms with Crippen LogP contribution in [0, 0.1) is 6.92 Å². The van der Waals surface area contributed by atoms with Crippen LogP contribution in [0.25, 0.3) is 0 Å². The van der Waals surface area contributed by atoms with Crippen LogP contribution in [0.5, 0.6) is 5.75 Å². The first-order chi connectivity index (χ1) is 9.02. The molecule has 2 aromatic carbocycles. The standard InChI is InChI=1S/C14H14Cl2N2O/c1-8-6-12(13(19-2)7-10(8)16)18-14-9(15)4-3-5-11(14)17/h3-7,18H,17H2,1-2H3. The van der Waals surface area contributed by atoms with Crippen LogP contribution in [-0.2, 0) is 0 Å². The first-order valence-electron chi connectivity index (χ1n) is 5.68. The molecule has 2 rings (SSSR count). The van der Waals surface area contributed by atoms with E-state index in [1.807, 2.05) is 13.0 Å². The summed E-state index contributed by atoms with van der Waals surface area (Å²) in [6.07, 6.45) is 0. The van der Waals surface area contributed by atoms with E-state index in [1.165, 1.54) is 0 Å². The van der Waals surface area contributed by atoms with Gasteiger partial charge in [0.1, 0.15) is 5.75 Å². The quantitative estimate of drug-likeness (QED) is 0.812. The summed E-state index contributed by atoms with van der Waals surface area (Å²) in [4.78, 5) is 0. The monoisotopic (exact) mass is 296 g/mol. The maximum atomic E-state index is 6.14. The number of benzene rings is 2. The van der Waals surface area contributed by atoms with E-state index >= 15 is 0 Å². The number of hydrogen-bond donors (Lipinski definition) is 2. The molecule has 0 fully saturated rings. The van der Waals surface area contributed by atoms with E-state index in [2.05, 4.69) is 5.32 Å². The highest BCUT2D eigenvalue weighted by molar-refractivity contribution is 6.34. The van der Waals surface area contributed by atoms with Crippen molar-refractivity contribution in [3.05, 3.63) is 45.9 Å². The van der Waals surface area contributed by atoms with Crippen LogP contribution in [0.15, 0.2) is 30.3 Å². The fraction of sp³-hybridized carbons (Fsp3) is 0.143. The van der Waals surface area contributed by atoms with Gasteiger partial charge in [0.15, 0.2) is 0 Å². The van der Waals surface area contributed by atoms with Gasteiger partial charge < -0.3 is 15.8 Å². The Balaban J connectivity index is 2.46. The molecule has 0 unspecified atom stereocenters. The molecular formula is C14H14Cl2N2O. The van der Waals surface area contributed by atoms with Crippen molar-refractivity contribution in [2.75, 3.05) is 18.2 Å². The van der Waals surface area contributed by atoms with E-state index in [9.17, 15) is 0 Å². The van der Waals surface area contributed by atoms with Crippen molar-refractivity contribution in [3.63, 3.8) is 0 Å². The van der Waals surface area contributed by atoms with Crippen LogP contribution in [0.1, 0.15) is 5.56 Å². The maximum Gasteiger partial charge on any atom is 0.143 e. The molecule has 3 N–H and O–H groups in total. The lowest BCUT2D eigenvalue weighted by molar-refractivity contribution is 0.417. The van der Waals surface area contributed by atoms with Crippen molar-refractivity contribution in [2.45, 2.75) is 6.92 Å². The second-order valence-electron chi connectivity index (χ2n) is 4.13. The number of nitrogens with two attached hydrogens (primary N) is 1. The van der Waals surface area contributed by atoms with Crippen LogP contribution < -0.4 is 15.8 Å². The summed E-state index contributed by atoms with van der Waals surface area (Å²) in [5, 5.41) is 4.39. The molecule has 3 nitrogen and oxygen atoms in total. The molecule has 0 amide bonds. The Morgan fingerprint density at radius 3 is 2.53 bits per heavy atom. The summed E-state index contributed by atoms with van der Waals surface area (Å²) in [5.41, 5.74) is 8.85. The smallest absolute Gasteiger partial charge is 0.143 e. The molecule has 100 valence electrons.